The standard InChI is InChI=1S/C30H30N4O4/c1-4-18-37-24-14-15-25-26(19-24)32-17-16-27(25)38-23-12-10-22(11-13-23)34-30(36)28(20(2)31-3)29(35)33-21-8-6-5-7-9-21/h5-17,19,31H,4,18H2,1-3H3,(H,33,35)(H,34,36)/b28-20+. The van der Waals surface area contributed by atoms with Crippen LogP contribution in [0.2, 0.25) is 0 Å². The van der Waals surface area contributed by atoms with E-state index in [-0.39, 0.29) is 5.57 Å². The van der Waals surface area contributed by atoms with Crippen molar-refractivity contribution in [1.29, 1.82) is 0 Å². The summed E-state index contributed by atoms with van der Waals surface area (Å²) in [6.45, 7) is 4.38. The van der Waals surface area contributed by atoms with Crippen LogP contribution >= 0.6 is 0 Å². The lowest BCUT2D eigenvalue weighted by Gasteiger charge is -2.14. The Balaban J connectivity index is 1.46. The molecule has 0 saturated heterocycles. The number of pyridine rings is 1. The zero-order chi connectivity index (χ0) is 26.9. The first-order valence-electron chi connectivity index (χ1n) is 12.3. The lowest BCUT2D eigenvalue weighted by Crippen LogP contribution is -2.29. The van der Waals surface area contributed by atoms with Crippen molar-refractivity contribution in [3.05, 3.63) is 96.3 Å². The number of allylic oxidation sites excluding steroid dienone is 1. The van der Waals surface area contributed by atoms with Crippen molar-refractivity contribution in [2.45, 2.75) is 20.3 Å². The Bertz CT molecular complexity index is 1450. The van der Waals surface area contributed by atoms with Crippen molar-refractivity contribution >= 4 is 34.1 Å². The molecule has 8 nitrogen and oxygen atoms in total. The summed E-state index contributed by atoms with van der Waals surface area (Å²) in [6, 6.07) is 23.4. The predicted octanol–water partition coefficient (Wildman–Crippen LogP) is 5.89. The molecule has 3 aromatic carbocycles. The molecule has 8 heteroatoms. The lowest BCUT2D eigenvalue weighted by atomic mass is 10.1. The number of nitrogens with zero attached hydrogens (tertiary/aromatic N) is 1. The molecular formula is C30H30N4O4. The van der Waals surface area contributed by atoms with Gasteiger partial charge in [0.1, 0.15) is 22.8 Å². The molecule has 0 radical (unpaired) electrons. The fourth-order valence-corrected chi connectivity index (χ4v) is 3.71. The van der Waals surface area contributed by atoms with E-state index in [2.05, 4.69) is 27.9 Å². The maximum Gasteiger partial charge on any atom is 0.263 e. The summed E-state index contributed by atoms with van der Waals surface area (Å²) in [4.78, 5) is 30.3. The van der Waals surface area contributed by atoms with Crippen molar-refractivity contribution < 1.29 is 19.1 Å². The molecule has 4 rings (SSSR count). The first kappa shape index (κ1) is 26.2. The molecule has 0 aliphatic rings. The van der Waals surface area contributed by atoms with Crippen LogP contribution in [0, 0.1) is 0 Å². The first-order valence-corrected chi connectivity index (χ1v) is 12.3. The molecule has 2 amide bonds. The number of carbonyl (C=O) groups excluding carboxylic acids is 2. The van der Waals surface area contributed by atoms with E-state index >= 15 is 0 Å². The van der Waals surface area contributed by atoms with Crippen LogP contribution < -0.4 is 25.4 Å². The SMILES string of the molecule is CCCOc1ccc2c(Oc3ccc(NC(=O)/C(C(=O)Nc4ccccc4)=C(\C)NC)cc3)ccnc2c1. The number of rotatable bonds is 10. The maximum absolute atomic E-state index is 13.0. The van der Waals surface area contributed by atoms with Gasteiger partial charge >= 0.3 is 0 Å². The molecule has 0 fully saturated rings. The fraction of sp³-hybridized carbons (Fsp3) is 0.167. The molecule has 194 valence electrons. The third-order valence-corrected chi connectivity index (χ3v) is 5.72. The summed E-state index contributed by atoms with van der Waals surface area (Å²) >= 11 is 0. The van der Waals surface area contributed by atoms with Gasteiger partial charge in [-0.15, -0.1) is 0 Å². The zero-order valence-corrected chi connectivity index (χ0v) is 21.6. The van der Waals surface area contributed by atoms with Crippen LogP contribution in [0.25, 0.3) is 10.9 Å². The van der Waals surface area contributed by atoms with Gasteiger partial charge in [-0.2, -0.15) is 0 Å². The van der Waals surface area contributed by atoms with Crippen LogP contribution in [-0.4, -0.2) is 30.5 Å². The van der Waals surface area contributed by atoms with Gasteiger partial charge in [-0.1, -0.05) is 25.1 Å². The summed E-state index contributed by atoms with van der Waals surface area (Å²) in [6.07, 6.45) is 2.62. The van der Waals surface area contributed by atoms with Crippen molar-refractivity contribution in [2.24, 2.45) is 0 Å². The number of hydrogen-bond donors (Lipinski definition) is 3. The number of anilines is 2. The minimum Gasteiger partial charge on any atom is -0.494 e. The van der Waals surface area contributed by atoms with Crippen LogP contribution in [0.4, 0.5) is 11.4 Å². The summed E-state index contributed by atoms with van der Waals surface area (Å²) in [5.74, 6) is 0.976. The minimum absolute atomic E-state index is 0.0118. The number of nitrogens with one attached hydrogen (secondary N) is 3. The Hall–Kier alpha value is -4.85. The highest BCUT2D eigenvalue weighted by Gasteiger charge is 2.22. The van der Waals surface area contributed by atoms with Crippen molar-refractivity contribution in [3.8, 4) is 17.2 Å². The smallest absolute Gasteiger partial charge is 0.263 e. The van der Waals surface area contributed by atoms with Gasteiger partial charge in [-0.25, -0.2) is 0 Å². The Morgan fingerprint density at radius 3 is 2.16 bits per heavy atom. The molecular weight excluding hydrogens is 480 g/mol. The van der Waals surface area contributed by atoms with E-state index in [0.717, 1.165) is 23.1 Å². The number of carbonyl (C=O) groups is 2. The molecule has 0 aliphatic heterocycles. The van der Waals surface area contributed by atoms with Gasteiger partial charge in [0.2, 0.25) is 0 Å². The van der Waals surface area contributed by atoms with Gasteiger partial charge in [0.25, 0.3) is 11.8 Å². The molecule has 1 aromatic heterocycles. The molecule has 0 unspecified atom stereocenters. The second-order valence-corrected chi connectivity index (χ2v) is 8.49. The second kappa shape index (κ2) is 12.4. The fourth-order valence-electron chi connectivity index (χ4n) is 3.71. The number of amides is 2. The molecule has 0 atom stereocenters. The highest BCUT2D eigenvalue weighted by atomic mass is 16.5. The molecule has 1 heterocycles. The molecule has 38 heavy (non-hydrogen) atoms. The quantitative estimate of drug-likeness (QED) is 0.140. The molecule has 4 aromatic rings. The highest BCUT2D eigenvalue weighted by molar-refractivity contribution is 6.26. The van der Waals surface area contributed by atoms with Crippen LogP contribution in [0.3, 0.4) is 0 Å². The predicted molar refractivity (Wildman–Crippen MR) is 150 cm³/mol. The van der Waals surface area contributed by atoms with Crippen LogP contribution in [-0.2, 0) is 9.59 Å². The van der Waals surface area contributed by atoms with Crippen molar-refractivity contribution in [2.75, 3.05) is 24.3 Å². The van der Waals surface area contributed by atoms with Crippen LogP contribution in [0.1, 0.15) is 20.3 Å². The molecule has 0 bridgehead atoms. The number of aromatic nitrogens is 1. The number of benzene rings is 3. The summed E-state index contributed by atoms with van der Waals surface area (Å²) < 4.78 is 11.8. The Kier molecular flexibility index (Phi) is 8.56. The van der Waals surface area contributed by atoms with E-state index in [1.807, 2.05) is 36.4 Å². The minimum atomic E-state index is -0.528. The van der Waals surface area contributed by atoms with Gasteiger partial charge in [-0.05, 0) is 67.9 Å². The van der Waals surface area contributed by atoms with E-state index in [9.17, 15) is 9.59 Å². The van der Waals surface area contributed by atoms with Gasteiger partial charge in [0.15, 0.2) is 0 Å². The summed E-state index contributed by atoms with van der Waals surface area (Å²) in [5, 5.41) is 9.29. The molecule has 0 aliphatic carbocycles. The molecule has 0 saturated carbocycles. The second-order valence-electron chi connectivity index (χ2n) is 8.49. The Morgan fingerprint density at radius 2 is 1.50 bits per heavy atom. The van der Waals surface area contributed by atoms with Crippen LogP contribution in [0.5, 0.6) is 17.2 Å². The Morgan fingerprint density at radius 1 is 0.842 bits per heavy atom. The van der Waals surface area contributed by atoms with E-state index in [1.165, 1.54) is 0 Å². The highest BCUT2D eigenvalue weighted by Crippen LogP contribution is 2.31. The van der Waals surface area contributed by atoms with Crippen molar-refractivity contribution in [1.82, 2.24) is 10.3 Å². The monoisotopic (exact) mass is 510 g/mol. The summed E-state index contributed by atoms with van der Waals surface area (Å²) in [5.41, 5.74) is 2.33. The normalized spacial score (nSPS) is 11.3. The average molecular weight is 511 g/mol. The number of ether oxygens (including phenoxy) is 2. The average Bonchev–Trinajstić information content (AvgIpc) is 2.93. The van der Waals surface area contributed by atoms with E-state index in [0.29, 0.717) is 35.2 Å². The summed E-state index contributed by atoms with van der Waals surface area (Å²) in [7, 11) is 1.66. The van der Waals surface area contributed by atoms with Crippen molar-refractivity contribution in [3.63, 3.8) is 0 Å². The Labute approximate surface area is 221 Å². The zero-order valence-electron chi connectivity index (χ0n) is 21.6. The molecule has 3 N–H and O–H groups in total. The first-order chi connectivity index (χ1) is 18.5. The third-order valence-electron chi connectivity index (χ3n) is 5.72. The topological polar surface area (TPSA) is 102 Å². The number of fused-ring (bicyclic) bond motifs is 1. The lowest BCUT2D eigenvalue weighted by molar-refractivity contribution is -0.118. The molecule has 0 spiro atoms. The van der Waals surface area contributed by atoms with E-state index < -0.39 is 11.8 Å². The van der Waals surface area contributed by atoms with E-state index in [4.69, 9.17) is 9.47 Å². The number of hydrogen-bond acceptors (Lipinski definition) is 6. The number of para-hydroxylation sites is 1. The van der Waals surface area contributed by atoms with Gasteiger partial charge < -0.3 is 25.4 Å². The largest absolute Gasteiger partial charge is 0.494 e. The van der Waals surface area contributed by atoms with Gasteiger partial charge in [0, 0.05) is 41.8 Å². The van der Waals surface area contributed by atoms with Gasteiger partial charge in [-0.3, -0.25) is 14.6 Å². The van der Waals surface area contributed by atoms with Crippen LogP contribution in [0.15, 0.2) is 96.3 Å². The third kappa shape index (κ3) is 6.47. The maximum atomic E-state index is 13.0. The van der Waals surface area contributed by atoms with Gasteiger partial charge in [0.05, 0.1) is 12.1 Å². The van der Waals surface area contributed by atoms with E-state index in [1.54, 1.807) is 62.6 Å².